The lowest BCUT2D eigenvalue weighted by atomic mass is 10.1. The van der Waals surface area contributed by atoms with Crippen molar-refractivity contribution in [1.29, 1.82) is 0 Å². The van der Waals surface area contributed by atoms with Crippen LogP contribution < -0.4 is 5.73 Å². The highest BCUT2D eigenvalue weighted by molar-refractivity contribution is 7.12. The molecule has 0 radical (unpaired) electrons. The summed E-state index contributed by atoms with van der Waals surface area (Å²) < 4.78 is 0. The average Bonchev–Trinajstić information content (AvgIpc) is 2.57. The molecule has 2 atom stereocenters. The topological polar surface area (TPSA) is 26.0 Å². The quantitative estimate of drug-likeness (QED) is 0.816. The summed E-state index contributed by atoms with van der Waals surface area (Å²) in [6.07, 6.45) is 4.00. The molecule has 82 valence electrons. The summed E-state index contributed by atoms with van der Waals surface area (Å²) in [7, 11) is 0. The Bertz CT molecular complexity index is 370. The normalized spacial score (nSPS) is 31.7. The molecule has 0 aromatic carbocycles. The van der Waals surface area contributed by atoms with E-state index >= 15 is 0 Å². The van der Waals surface area contributed by atoms with Gasteiger partial charge in [0.1, 0.15) is 0 Å². The second-order valence-electron chi connectivity index (χ2n) is 5.59. The monoisotopic (exact) mass is 221 g/mol. The summed E-state index contributed by atoms with van der Waals surface area (Å²) in [4.78, 5) is 3.27. The zero-order chi connectivity index (χ0) is 10.6. The molecule has 0 bridgehead atoms. The van der Waals surface area contributed by atoms with Crippen LogP contribution in [0.15, 0.2) is 6.07 Å². The third kappa shape index (κ3) is 1.31. The zero-order valence-electron chi connectivity index (χ0n) is 9.55. The molecule has 0 spiro atoms. The predicted octanol–water partition coefficient (Wildman–Crippen LogP) is 2.94. The molecule has 1 saturated carbocycles. The summed E-state index contributed by atoms with van der Waals surface area (Å²) in [5.74, 6) is 1.47. The van der Waals surface area contributed by atoms with Crippen LogP contribution in [0.2, 0.25) is 0 Å². The molecule has 0 unspecified atom stereocenters. The van der Waals surface area contributed by atoms with Crippen LogP contribution in [-0.4, -0.2) is 6.54 Å². The van der Waals surface area contributed by atoms with Gasteiger partial charge in [0.2, 0.25) is 0 Å². The van der Waals surface area contributed by atoms with Gasteiger partial charge in [0.05, 0.1) is 0 Å². The molecule has 0 amide bonds. The third-order valence-corrected chi connectivity index (χ3v) is 5.70. The summed E-state index contributed by atoms with van der Waals surface area (Å²) in [5.41, 5.74) is 7.92. The summed E-state index contributed by atoms with van der Waals surface area (Å²) in [5, 5.41) is 0. The van der Waals surface area contributed by atoms with Gasteiger partial charge in [-0.15, -0.1) is 11.3 Å². The molecule has 1 aromatic rings. The minimum absolute atomic E-state index is 0.452. The number of hydrogen-bond acceptors (Lipinski definition) is 2. The lowest BCUT2D eigenvalue weighted by molar-refractivity contribution is 0.559. The van der Waals surface area contributed by atoms with E-state index < -0.39 is 0 Å². The molecule has 0 aliphatic heterocycles. The van der Waals surface area contributed by atoms with Crippen LogP contribution in [0.4, 0.5) is 0 Å². The van der Waals surface area contributed by atoms with Crippen LogP contribution in [0.25, 0.3) is 0 Å². The van der Waals surface area contributed by atoms with Gasteiger partial charge >= 0.3 is 0 Å². The Labute approximate surface area is 95.7 Å². The number of thiophene rings is 1. The first-order chi connectivity index (χ1) is 7.14. The van der Waals surface area contributed by atoms with E-state index in [4.69, 9.17) is 5.73 Å². The Hall–Kier alpha value is -0.340. The lowest BCUT2D eigenvalue weighted by Crippen LogP contribution is -2.05. The minimum atomic E-state index is 0.452. The van der Waals surface area contributed by atoms with E-state index in [9.17, 15) is 0 Å². The molecule has 1 nitrogen and oxygen atoms in total. The summed E-state index contributed by atoms with van der Waals surface area (Å²) in [6, 6.07) is 2.47. The highest BCUT2D eigenvalue weighted by atomic mass is 32.1. The fraction of sp³-hybridized carbons (Fsp3) is 0.692. The lowest BCUT2D eigenvalue weighted by Gasteiger charge is -1.99. The Morgan fingerprint density at radius 3 is 2.87 bits per heavy atom. The van der Waals surface area contributed by atoms with E-state index in [0.29, 0.717) is 5.41 Å². The highest BCUT2D eigenvalue weighted by Crippen LogP contribution is 2.65. The number of fused-ring (bicyclic) bond motifs is 1. The van der Waals surface area contributed by atoms with Crippen molar-refractivity contribution >= 4 is 11.3 Å². The molecular formula is C13H19NS. The molecule has 2 aliphatic carbocycles. The molecule has 2 aliphatic rings. The first kappa shape index (κ1) is 9.86. The Balaban J connectivity index is 1.89. The molecule has 2 N–H and O–H groups in total. The molecule has 0 saturated heterocycles. The van der Waals surface area contributed by atoms with Gasteiger partial charge in [-0.1, -0.05) is 13.8 Å². The first-order valence-electron chi connectivity index (χ1n) is 5.96. The van der Waals surface area contributed by atoms with E-state index in [1.54, 1.807) is 15.3 Å². The van der Waals surface area contributed by atoms with Crippen molar-refractivity contribution in [3.63, 3.8) is 0 Å². The molecule has 1 fully saturated rings. The molecule has 1 aromatic heterocycles. The molecule has 15 heavy (non-hydrogen) atoms. The van der Waals surface area contributed by atoms with E-state index in [2.05, 4.69) is 31.3 Å². The number of hydrogen-bond donors (Lipinski definition) is 1. The molecule has 2 heteroatoms. The van der Waals surface area contributed by atoms with Gasteiger partial charge in [-0.05, 0) is 48.8 Å². The molecule has 1 heterocycles. The third-order valence-electron chi connectivity index (χ3n) is 4.38. The van der Waals surface area contributed by atoms with Gasteiger partial charge in [-0.25, -0.2) is 0 Å². The fourth-order valence-electron chi connectivity index (χ4n) is 3.25. The standard InChI is InChI=1S/C13H19NS/c1-13(2)9(7-14)12(13)11-6-8-4-3-5-10(8)15-11/h6,9,12H,3-5,7,14H2,1-2H3/t9-,12+/m0/s1. The van der Waals surface area contributed by atoms with Crippen molar-refractivity contribution in [2.24, 2.45) is 17.1 Å². The van der Waals surface area contributed by atoms with Crippen molar-refractivity contribution in [3.8, 4) is 0 Å². The van der Waals surface area contributed by atoms with E-state index in [1.807, 2.05) is 0 Å². The Morgan fingerprint density at radius 1 is 1.47 bits per heavy atom. The maximum atomic E-state index is 5.83. The predicted molar refractivity (Wildman–Crippen MR) is 65.4 cm³/mol. The first-order valence-corrected chi connectivity index (χ1v) is 6.78. The van der Waals surface area contributed by atoms with E-state index in [1.165, 1.54) is 19.3 Å². The van der Waals surface area contributed by atoms with Crippen LogP contribution in [0.5, 0.6) is 0 Å². The number of aryl methyl sites for hydroxylation is 2. The second kappa shape index (κ2) is 3.08. The Kier molecular flexibility index (Phi) is 2.02. The zero-order valence-corrected chi connectivity index (χ0v) is 10.4. The SMILES string of the molecule is CC1(C)[C@@H](CN)[C@@H]1c1cc2c(s1)CCC2. The smallest absolute Gasteiger partial charge is 0.00908 e. The van der Waals surface area contributed by atoms with Crippen LogP contribution in [0, 0.1) is 11.3 Å². The van der Waals surface area contributed by atoms with E-state index in [0.717, 1.165) is 18.4 Å². The maximum Gasteiger partial charge on any atom is 0.00908 e. The van der Waals surface area contributed by atoms with Gasteiger partial charge in [0.15, 0.2) is 0 Å². The van der Waals surface area contributed by atoms with Crippen molar-refractivity contribution in [2.75, 3.05) is 6.54 Å². The van der Waals surface area contributed by atoms with Crippen molar-refractivity contribution in [1.82, 2.24) is 0 Å². The summed E-state index contributed by atoms with van der Waals surface area (Å²) in [6.45, 7) is 5.57. The maximum absolute atomic E-state index is 5.83. The number of nitrogens with two attached hydrogens (primary N) is 1. The largest absolute Gasteiger partial charge is 0.330 e. The van der Waals surface area contributed by atoms with E-state index in [-0.39, 0.29) is 0 Å². The van der Waals surface area contributed by atoms with Crippen LogP contribution >= 0.6 is 11.3 Å². The Morgan fingerprint density at radius 2 is 2.27 bits per heavy atom. The molecular weight excluding hydrogens is 202 g/mol. The summed E-state index contributed by atoms with van der Waals surface area (Å²) >= 11 is 2.06. The highest BCUT2D eigenvalue weighted by Gasteiger charge is 2.57. The second-order valence-corrected chi connectivity index (χ2v) is 6.76. The van der Waals surface area contributed by atoms with Crippen LogP contribution in [-0.2, 0) is 12.8 Å². The van der Waals surface area contributed by atoms with Crippen LogP contribution in [0.3, 0.4) is 0 Å². The minimum Gasteiger partial charge on any atom is -0.330 e. The van der Waals surface area contributed by atoms with Crippen molar-refractivity contribution < 1.29 is 0 Å². The average molecular weight is 221 g/mol. The van der Waals surface area contributed by atoms with Gasteiger partial charge < -0.3 is 5.73 Å². The van der Waals surface area contributed by atoms with Gasteiger partial charge in [0, 0.05) is 15.7 Å². The van der Waals surface area contributed by atoms with Gasteiger partial charge in [-0.2, -0.15) is 0 Å². The van der Waals surface area contributed by atoms with Gasteiger partial charge in [-0.3, -0.25) is 0 Å². The van der Waals surface area contributed by atoms with Crippen molar-refractivity contribution in [2.45, 2.75) is 39.0 Å². The fourth-order valence-corrected chi connectivity index (χ4v) is 4.87. The van der Waals surface area contributed by atoms with Crippen molar-refractivity contribution in [3.05, 3.63) is 21.4 Å². The van der Waals surface area contributed by atoms with Gasteiger partial charge in [0.25, 0.3) is 0 Å². The number of rotatable bonds is 2. The van der Waals surface area contributed by atoms with Crippen LogP contribution in [0.1, 0.15) is 41.5 Å². The molecule has 3 rings (SSSR count).